The van der Waals surface area contributed by atoms with Crippen molar-refractivity contribution < 1.29 is 14.7 Å². The van der Waals surface area contributed by atoms with Crippen LogP contribution < -0.4 is 0 Å². The molecule has 58 valence electrons. The van der Waals surface area contributed by atoms with E-state index < -0.39 is 9.89 Å². The molecule has 0 spiro atoms. The van der Waals surface area contributed by atoms with Gasteiger partial charge in [0, 0.05) is 5.92 Å². The Morgan fingerprint density at radius 1 is 1.40 bits per heavy atom. The second kappa shape index (κ2) is 3.90. The summed E-state index contributed by atoms with van der Waals surface area (Å²) in [6.07, 6.45) is 0. The molecule has 0 bridgehead atoms. The zero-order chi connectivity index (χ0) is 8.31. The first-order valence-electron chi connectivity index (χ1n) is 2.87. The third kappa shape index (κ3) is 2.64. The van der Waals surface area contributed by atoms with Gasteiger partial charge in [-0.05, 0) is 0 Å². The van der Waals surface area contributed by atoms with Crippen molar-refractivity contribution in [1.82, 2.24) is 0 Å². The molecule has 0 aromatic carbocycles. The van der Waals surface area contributed by atoms with Gasteiger partial charge in [-0.2, -0.15) is 0 Å². The molecule has 0 aromatic heterocycles. The van der Waals surface area contributed by atoms with Gasteiger partial charge < -0.3 is 5.11 Å². The standard InChI is InChI=1S/C6H9IO3/c1-3(2)5(8)4(7)6(9)10/h3-4H,1-2H3,(H,9,10). The predicted octanol–water partition coefficient (Wildman–Crippen LogP) is 1.10. The van der Waals surface area contributed by atoms with Gasteiger partial charge in [0.05, 0.1) is 0 Å². The zero-order valence-electron chi connectivity index (χ0n) is 5.80. The van der Waals surface area contributed by atoms with Crippen LogP contribution in [-0.4, -0.2) is 20.8 Å². The minimum absolute atomic E-state index is 0.196. The average Bonchev–Trinajstić information content (AvgIpc) is 1.84. The van der Waals surface area contributed by atoms with Gasteiger partial charge in [0.1, 0.15) is 0 Å². The van der Waals surface area contributed by atoms with Gasteiger partial charge in [0.15, 0.2) is 9.71 Å². The van der Waals surface area contributed by atoms with Crippen molar-refractivity contribution in [3.05, 3.63) is 0 Å². The Kier molecular flexibility index (Phi) is 3.85. The average molecular weight is 256 g/mol. The van der Waals surface area contributed by atoms with E-state index in [2.05, 4.69) is 0 Å². The van der Waals surface area contributed by atoms with Crippen LogP contribution in [-0.2, 0) is 9.59 Å². The predicted molar refractivity (Wildman–Crippen MR) is 45.3 cm³/mol. The van der Waals surface area contributed by atoms with E-state index in [-0.39, 0.29) is 11.7 Å². The van der Waals surface area contributed by atoms with Gasteiger partial charge >= 0.3 is 5.97 Å². The van der Waals surface area contributed by atoms with Gasteiger partial charge in [-0.1, -0.05) is 36.4 Å². The zero-order valence-corrected chi connectivity index (χ0v) is 7.95. The van der Waals surface area contributed by atoms with Gasteiger partial charge in [-0.3, -0.25) is 9.59 Å². The van der Waals surface area contributed by atoms with E-state index >= 15 is 0 Å². The SMILES string of the molecule is CC(C)C(=O)C(I)C(=O)O. The van der Waals surface area contributed by atoms with Crippen LogP contribution in [0.15, 0.2) is 0 Å². The Labute approximate surface area is 72.9 Å². The molecule has 4 heteroatoms. The van der Waals surface area contributed by atoms with Crippen LogP contribution in [0.4, 0.5) is 0 Å². The fourth-order valence-corrected chi connectivity index (χ4v) is 1.13. The lowest BCUT2D eigenvalue weighted by Crippen LogP contribution is -2.27. The molecule has 3 nitrogen and oxygen atoms in total. The fourth-order valence-electron chi connectivity index (χ4n) is 0.414. The summed E-state index contributed by atoms with van der Waals surface area (Å²) in [6, 6.07) is 0. The van der Waals surface area contributed by atoms with E-state index in [9.17, 15) is 9.59 Å². The van der Waals surface area contributed by atoms with Crippen molar-refractivity contribution in [2.45, 2.75) is 17.8 Å². The summed E-state index contributed by atoms with van der Waals surface area (Å²) in [4.78, 5) is 21.1. The third-order valence-electron chi connectivity index (χ3n) is 1.04. The Bertz CT molecular complexity index is 153. The molecule has 1 atom stereocenters. The van der Waals surface area contributed by atoms with Gasteiger partial charge in [-0.25, -0.2) is 0 Å². The lowest BCUT2D eigenvalue weighted by molar-refractivity contribution is -0.139. The summed E-state index contributed by atoms with van der Waals surface area (Å²) >= 11 is 1.62. The number of halogens is 1. The van der Waals surface area contributed by atoms with Crippen molar-refractivity contribution in [3.8, 4) is 0 Å². The van der Waals surface area contributed by atoms with Gasteiger partial charge in [0.25, 0.3) is 0 Å². The van der Waals surface area contributed by atoms with Gasteiger partial charge in [0.2, 0.25) is 0 Å². The molecule has 0 aliphatic carbocycles. The summed E-state index contributed by atoms with van der Waals surface area (Å²) in [6.45, 7) is 3.38. The van der Waals surface area contributed by atoms with Gasteiger partial charge in [-0.15, -0.1) is 0 Å². The highest BCUT2D eigenvalue weighted by molar-refractivity contribution is 14.1. The molecule has 0 amide bonds. The quantitative estimate of drug-likeness (QED) is 0.467. The lowest BCUT2D eigenvalue weighted by Gasteiger charge is -2.05. The maximum atomic E-state index is 10.9. The molecule has 0 saturated carbocycles. The largest absolute Gasteiger partial charge is 0.480 e. The van der Waals surface area contributed by atoms with Crippen LogP contribution >= 0.6 is 22.6 Å². The first-order valence-corrected chi connectivity index (χ1v) is 4.12. The Morgan fingerprint density at radius 2 is 1.80 bits per heavy atom. The monoisotopic (exact) mass is 256 g/mol. The number of carbonyl (C=O) groups excluding carboxylic acids is 1. The van der Waals surface area contributed by atoms with Crippen LogP contribution in [0.3, 0.4) is 0 Å². The third-order valence-corrected chi connectivity index (χ3v) is 2.18. The second-order valence-electron chi connectivity index (χ2n) is 2.26. The van der Waals surface area contributed by atoms with Crippen molar-refractivity contribution in [2.75, 3.05) is 0 Å². The number of carbonyl (C=O) groups is 2. The van der Waals surface area contributed by atoms with Crippen LogP contribution in [0.5, 0.6) is 0 Å². The summed E-state index contributed by atoms with van der Waals surface area (Å²) in [5.41, 5.74) is 0. The molecule has 0 aliphatic rings. The van der Waals surface area contributed by atoms with Crippen molar-refractivity contribution in [3.63, 3.8) is 0 Å². The summed E-state index contributed by atoms with van der Waals surface area (Å²) in [7, 11) is 0. The van der Waals surface area contributed by atoms with Crippen LogP contribution in [0.1, 0.15) is 13.8 Å². The van der Waals surface area contributed by atoms with E-state index in [1.165, 1.54) is 0 Å². The van der Waals surface area contributed by atoms with Crippen LogP contribution in [0, 0.1) is 5.92 Å². The highest BCUT2D eigenvalue weighted by atomic mass is 127. The van der Waals surface area contributed by atoms with Crippen molar-refractivity contribution in [2.24, 2.45) is 5.92 Å². The van der Waals surface area contributed by atoms with E-state index in [0.717, 1.165) is 0 Å². The van der Waals surface area contributed by atoms with Crippen molar-refractivity contribution in [1.29, 1.82) is 0 Å². The number of carboxylic acids is 1. The smallest absolute Gasteiger partial charge is 0.324 e. The molecule has 1 unspecified atom stereocenters. The Hall–Kier alpha value is -0.130. The number of ketones is 1. The number of hydrogen-bond acceptors (Lipinski definition) is 2. The number of Topliss-reactive ketones (excluding diaryl/α,β-unsaturated/α-hetero) is 1. The first-order chi connectivity index (χ1) is 4.46. The fraction of sp³-hybridized carbons (Fsp3) is 0.667. The molecule has 0 aliphatic heterocycles. The van der Waals surface area contributed by atoms with Crippen LogP contribution in [0.25, 0.3) is 0 Å². The Morgan fingerprint density at radius 3 is 1.90 bits per heavy atom. The topological polar surface area (TPSA) is 54.4 Å². The highest BCUT2D eigenvalue weighted by Gasteiger charge is 2.24. The molecule has 0 fully saturated rings. The summed E-state index contributed by atoms with van der Waals surface area (Å²) in [5.74, 6) is -1.48. The summed E-state index contributed by atoms with van der Waals surface area (Å²) < 4.78 is -0.891. The minimum atomic E-state index is -1.06. The van der Waals surface area contributed by atoms with Crippen molar-refractivity contribution >= 4 is 34.3 Å². The molecule has 0 rings (SSSR count). The second-order valence-corrected chi connectivity index (χ2v) is 3.50. The molecule has 1 N–H and O–H groups in total. The molecule has 0 radical (unpaired) electrons. The number of hydrogen-bond donors (Lipinski definition) is 1. The molecule has 0 aromatic rings. The molecular formula is C6H9IO3. The minimum Gasteiger partial charge on any atom is -0.480 e. The molecular weight excluding hydrogens is 247 g/mol. The van der Waals surface area contributed by atoms with E-state index in [0.29, 0.717) is 0 Å². The maximum absolute atomic E-state index is 10.9. The highest BCUT2D eigenvalue weighted by Crippen LogP contribution is 2.08. The number of aliphatic carboxylic acids is 1. The summed E-state index contributed by atoms with van der Waals surface area (Å²) in [5, 5.41) is 8.37. The number of rotatable bonds is 3. The lowest BCUT2D eigenvalue weighted by atomic mass is 10.1. The molecule has 10 heavy (non-hydrogen) atoms. The Balaban J connectivity index is 4.08. The molecule has 0 saturated heterocycles. The maximum Gasteiger partial charge on any atom is 0.324 e. The number of alkyl halides is 1. The number of carboxylic acid groups (broad SMARTS) is 1. The normalized spacial score (nSPS) is 13.2. The van der Waals surface area contributed by atoms with E-state index in [1.54, 1.807) is 36.4 Å². The van der Waals surface area contributed by atoms with Crippen LogP contribution in [0.2, 0.25) is 0 Å². The molecule has 0 heterocycles. The van der Waals surface area contributed by atoms with E-state index in [4.69, 9.17) is 5.11 Å². The first kappa shape index (κ1) is 9.87. The van der Waals surface area contributed by atoms with E-state index in [1.807, 2.05) is 0 Å².